The van der Waals surface area contributed by atoms with Gasteiger partial charge >= 0.3 is 0 Å². The molecule has 1 aliphatic rings. The number of aromatic nitrogens is 1. The minimum atomic E-state index is 0.412. The summed E-state index contributed by atoms with van der Waals surface area (Å²) < 4.78 is 22.5. The summed E-state index contributed by atoms with van der Waals surface area (Å²) in [5.74, 6) is 3.00. The number of para-hydroxylation sites is 1. The molecule has 0 atom stereocenters. The lowest BCUT2D eigenvalue weighted by atomic mass is 10.1. The Labute approximate surface area is 186 Å². The van der Waals surface area contributed by atoms with E-state index in [1.807, 2.05) is 66.7 Å². The van der Waals surface area contributed by atoms with Crippen LogP contribution in [0.1, 0.15) is 5.56 Å². The molecular formula is C25H23N3O4. The second-order valence-electron chi connectivity index (χ2n) is 7.26. The number of ether oxygens (including phenoxy) is 3. The Kier molecular flexibility index (Phi) is 5.53. The van der Waals surface area contributed by atoms with E-state index in [1.165, 1.54) is 0 Å². The minimum Gasteiger partial charge on any atom is -0.497 e. The largest absolute Gasteiger partial charge is 0.497 e. The molecule has 0 radical (unpaired) electrons. The van der Waals surface area contributed by atoms with E-state index in [9.17, 15) is 0 Å². The first-order valence-corrected chi connectivity index (χ1v) is 10.4. The topological polar surface area (TPSA) is 77.8 Å². The van der Waals surface area contributed by atoms with Crippen LogP contribution in [-0.2, 0) is 6.54 Å². The van der Waals surface area contributed by atoms with E-state index in [-0.39, 0.29) is 0 Å². The molecule has 0 fully saturated rings. The van der Waals surface area contributed by atoms with Gasteiger partial charge in [-0.05, 0) is 42.0 Å². The fourth-order valence-corrected chi connectivity index (χ4v) is 3.53. The van der Waals surface area contributed by atoms with Crippen molar-refractivity contribution in [2.24, 2.45) is 0 Å². The fraction of sp³-hybridized carbons (Fsp3) is 0.160. The van der Waals surface area contributed by atoms with Gasteiger partial charge in [-0.3, -0.25) is 0 Å². The number of methoxy groups -OCH3 is 1. The molecule has 3 aromatic carbocycles. The number of nitrogens with zero attached hydrogens (tertiary/aromatic N) is 1. The SMILES string of the molecule is COc1cccc(Nc2ncc(-c3ccccc3NCc3ccc4c(c3)OCCO4)o2)c1. The van der Waals surface area contributed by atoms with E-state index in [0.29, 0.717) is 31.5 Å². The predicted octanol–water partition coefficient (Wildman–Crippen LogP) is 5.48. The summed E-state index contributed by atoms with van der Waals surface area (Å²) in [6.45, 7) is 1.80. The quantitative estimate of drug-likeness (QED) is 0.403. The summed E-state index contributed by atoms with van der Waals surface area (Å²) in [6.07, 6.45) is 1.72. The second-order valence-corrected chi connectivity index (χ2v) is 7.26. The van der Waals surface area contributed by atoms with Gasteiger partial charge in [0.1, 0.15) is 19.0 Å². The molecule has 4 aromatic rings. The molecule has 7 nitrogen and oxygen atoms in total. The zero-order valence-electron chi connectivity index (χ0n) is 17.6. The molecule has 2 heterocycles. The first kappa shape index (κ1) is 19.8. The fourth-order valence-electron chi connectivity index (χ4n) is 3.53. The molecule has 32 heavy (non-hydrogen) atoms. The highest BCUT2D eigenvalue weighted by molar-refractivity contribution is 5.75. The van der Waals surface area contributed by atoms with Crippen molar-refractivity contribution in [3.05, 3.63) is 78.5 Å². The Morgan fingerprint density at radius 3 is 2.72 bits per heavy atom. The van der Waals surface area contributed by atoms with E-state index in [1.54, 1.807) is 13.3 Å². The number of nitrogens with one attached hydrogen (secondary N) is 2. The molecule has 0 saturated carbocycles. The van der Waals surface area contributed by atoms with E-state index in [2.05, 4.69) is 15.6 Å². The highest BCUT2D eigenvalue weighted by Gasteiger charge is 2.13. The van der Waals surface area contributed by atoms with Crippen LogP contribution in [0.4, 0.5) is 17.4 Å². The van der Waals surface area contributed by atoms with Gasteiger partial charge < -0.3 is 29.3 Å². The molecular weight excluding hydrogens is 406 g/mol. The first-order chi connectivity index (χ1) is 15.8. The molecule has 0 amide bonds. The summed E-state index contributed by atoms with van der Waals surface area (Å²) >= 11 is 0. The van der Waals surface area contributed by atoms with Gasteiger partial charge in [0.25, 0.3) is 6.01 Å². The van der Waals surface area contributed by atoms with Crippen molar-refractivity contribution in [3.8, 4) is 28.6 Å². The highest BCUT2D eigenvalue weighted by atomic mass is 16.6. The van der Waals surface area contributed by atoms with Crippen molar-refractivity contribution in [3.63, 3.8) is 0 Å². The van der Waals surface area contributed by atoms with E-state index in [4.69, 9.17) is 18.6 Å². The molecule has 7 heteroatoms. The van der Waals surface area contributed by atoms with Gasteiger partial charge in [-0.2, -0.15) is 0 Å². The number of rotatable bonds is 7. The van der Waals surface area contributed by atoms with Crippen molar-refractivity contribution in [1.29, 1.82) is 0 Å². The maximum absolute atomic E-state index is 5.97. The van der Waals surface area contributed by atoms with Crippen molar-refractivity contribution < 1.29 is 18.6 Å². The average molecular weight is 429 g/mol. The Hall–Kier alpha value is -4.13. The Bertz CT molecular complexity index is 1220. The van der Waals surface area contributed by atoms with Crippen LogP contribution >= 0.6 is 0 Å². The molecule has 1 aliphatic heterocycles. The summed E-state index contributed by atoms with van der Waals surface area (Å²) in [5, 5.41) is 6.66. The van der Waals surface area contributed by atoms with Crippen LogP contribution in [0.25, 0.3) is 11.3 Å². The van der Waals surface area contributed by atoms with E-state index < -0.39 is 0 Å². The van der Waals surface area contributed by atoms with Gasteiger partial charge in [-0.15, -0.1) is 0 Å². The third-order valence-electron chi connectivity index (χ3n) is 5.11. The van der Waals surface area contributed by atoms with Gasteiger partial charge in [0.15, 0.2) is 17.3 Å². The molecule has 0 unspecified atom stereocenters. The van der Waals surface area contributed by atoms with Crippen LogP contribution in [0.15, 0.2) is 77.3 Å². The predicted molar refractivity (Wildman–Crippen MR) is 123 cm³/mol. The first-order valence-electron chi connectivity index (χ1n) is 10.4. The van der Waals surface area contributed by atoms with Crippen LogP contribution in [0, 0.1) is 0 Å². The van der Waals surface area contributed by atoms with Gasteiger partial charge in [0, 0.05) is 29.5 Å². The third kappa shape index (κ3) is 4.32. The lowest BCUT2D eigenvalue weighted by molar-refractivity contribution is 0.171. The van der Waals surface area contributed by atoms with E-state index >= 15 is 0 Å². The Morgan fingerprint density at radius 1 is 0.938 bits per heavy atom. The van der Waals surface area contributed by atoms with Gasteiger partial charge in [0.05, 0.1) is 13.3 Å². The summed E-state index contributed by atoms with van der Waals surface area (Å²) in [5.41, 5.74) is 3.81. The molecule has 0 aliphatic carbocycles. The molecule has 0 spiro atoms. The third-order valence-corrected chi connectivity index (χ3v) is 5.11. The van der Waals surface area contributed by atoms with Crippen molar-refractivity contribution in [1.82, 2.24) is 4.98 Å². The van der Waals surface area contributed by atoms with Crippen LogP contribution in [0.2, 0.25) is 0 Å². The van der Waals surface area contributed by atoms with Crippen LogP contribution in [0.3, 0.4) is 0 Å². The van der Waals surface area contributed by atoms with Gasteiger partial charge in [-0.25, -0.2) is 4.98 Å². The Morgan fingerprint density at radius 2 is 1.81 bits per heavy atom. The number of hydrogen-bond acceptors (Lipinski definition) is 7. The highest BCUT2D eigenvalue weighted by Crippen LogP contribution is 2.33. The smallest absolute Gasteiger partial charge is 0.299 e. The molecule has 1 aromatic heterocycles. The Balaban J connectivity index is 1.31. The summed E-state index contributed by atoms with van der Waals surface area (Å²) in [6, 6.07) is 22.0. The summed E-state index contributed by atoms with van der Waals surface area (Å²) in [7, 11) is 1.64. The average Bonchev–Trinajstić information content (AvgIpc) is 3.31. The number of anilines is 3. The van der Waals surface area contributed by atoms with Crippen LogP contribution in [0.5, 0.6) is 17.2 Å². The monoisotopic (exact) mass is 429 g/mol. The summed E-state index contributed by atoms with van der Waals surface area (Å²) in [4.78, 5) is 4.37. The molecule has 0 saturated heterocycles. The lowest BCUT2D eigenvalue weighted by Crippen LogP contribution is -2.15. The minimum absolute atomic E-state index is 0.412. The van der Waals surface area contributed by atoms with Gasteiger partial charge in [-0.1, -0.05) is 24.3 Å². The van der Waals surface area contributed by atoms with Crippen molar-refractivity contribution in [2.75, 3.05) is 31.0 Å². The maximum Gasteiger partial charge on any atom is 0.299 e. The molecule has 5 rings (SSSR count). The van der Waals surface area contributed by atoms with E-state index in [0.717, 1.165) is 39.8 Å². The molecule has 162 valence electrons. The number of fused-ring (bicyclic) bond motifs is 1. The van der Waals surface area contributed by atoms with Crippen LogP contribution < -0.4 is 24.8 Å². The molecule has 0 bridgehead atoms. The number of hydrogen-bond donors (Lipinski definition) is 2. The van der Waals surface area contributed by atoms with Gasteiger partial charge in [0.2, 0.25) is 0 Å². The van der Waals surface area contributed by atoms with Crippen molar-refractivity contribution >= 4 is 17.4 Å². The van der Waals surface area contributed by atoms with Crippen molar-refractivity contribution in [2.45, 2.75) is 6.54 Å². The molecule has 2 N–H and O–H groups in total. The maximum atomic E-state index is 5.97. The zero-order valence-corrected chi connectivity index (χ0v) is 17.6. The number of benzene rings is 3. The standard InChI is InChI=1S/C25H23N3O4/c1-29-19-6-4-5-18(14-19)28-25-27-16-24(32-25)20-7-2-3-8-21(20)26-15-17-9-10-22-23(13-17)31-12-11-30-22/h2-10,13-14,16,26H,11-12,15H2,1H3,(H,27,28). The normalized spacial score (nSPS) is 12.3. The van der Waals surface area contributed by atoms with Crippen LogP contribution in [-0.4, -0.2) is 25.3 Å². The zero-order chi connectivity index (χ0) is 21.8. The second kappa shape index (κ2) is 8.93. The lowest BCUT2D eigenvalue weighted by Gasteiger charge is -2.19. The number of oxazole rings is 1.